The maximum atomic E-state index is 12.1. The Bertz CT molecular complexity index is 426. The summed E-state index contributed by atoms with van der Waals surface area (Å²) in [6.45, 7) is 1.08. The van der Waals surface area contributed by atoms with Crippen molar-refractivity contribution >= 4 is 5.91 Å². The summed E-state index contributed by atoms with van der Waals surface area (Å²) in [4.78, 5) is 14.2. The monoisotopic (exact) mass is 261 g/mol. The standard InChI is InChI=1S/C15H23N3O/c1-18(2)13(12-6-4-3-5-7-12)10-17-14(19)15(11-16)8-9-15/h3-7,13H,8-11,16H2,1-2H3,(H,17,19). The molecule has 1 aromatic carbocycles. The molecule has 1 amide bonds. The highest BCUT2D eigenvalue weighted by atomic mass is 16.2. The summed E-state index contributed by atoms with van der Waals surface area (Å²) in [7, 11) is 4.05. The van der Waals surface area contributed by atoms with Crippen molar-refractivity contribution in [1.82, 2.24) is 10.2 Å². The maximum Gasteiger partial charge on any atom is 0.227 e. The van der Waals surface area contributed by atoms with Gasteiger partial charge in [-0.05, 0) is 32.5 Å². The Kier molecular flexibility index (Phi) is 4.22. The Labute approximate surface area is 115 Å². The van der Waals surface area contributed by atoms with Gasteiger partial charge in [0.1, 0.15) is 0 Å². The summed E-state index contributed by atoms with van der Waals surface area (Å²) in [5, 5.41) is 3.06. The summed E-state index contributed by atoms with van der Waals surface area (Å²) in [5.41, 5.74) is 6.62. The predicted octanol–water partition coefficient (Wildman–Crippen LogP) is 1.14. The number of benzene rings is 1. The summed E-state index contributed by atoms with van der Waals surface area (Å²) in [6, 6.07) is 10.4. The molecule has 0 heterocycles. The second-order valence-electron chi connectivity index (χ2n) is 5.58. The van der Waals surface area contributed by atoms with Crippen molar-refractivity contribution in [3.8, 4) is 0 Å². The number of hydrogen-bond donors (Lipinski definition) is 2. The smallest absolute Gasteiger partial charge is 0.227 e. The largest absolute Gasteiger partial charge is 0.354 e. The number of amides is 1. The van der Waals surface area contributed by atoms with Crippen LogP contribution in [0.5, 0.6) is 0 Å². The van der Waals surface area contributed by atoms with Crippen molar-refractivity contribution in [2.75, 3.05) is 27.2 Å². The molecule has 0 spiro atoms. The molecule has 1 unspecified atom stereocenters. The minimum absolute atomic E-state index is 0.109. The average molecular weight is 261 g/mol. The summed E-state index contributed by atoms with van der Waals surface area (Å²) in [5.74, 6) is 0.109. The highest BCUT2D eigenvalue weighted by molar-refractivity contribution is 5.85. The molecule has 0 aliphatic heterocycles. The van der Waals surface area contributed by atoms with Crippen LogP contribution in [0.1, 0.15) is 24.4 Å². The van der Waals surface area contributed by atoms with Crippen LogP contribution in [0.25, 0.3) is 0 Å². The molecule has 1 aromatic rings. The zero-order valence-electron chi connectivity index (χ0n) is 11.7. The van der Waals surface area contributed by atoms with Crippen LogP contribution in [0.2, 0.25) is 0 Å². The van der Waals surface area contributed by atoms with Crippen LogP contribution in [0, 0.1) is 5.41 Å². The van der Waals surface area contributed by atoms with E-state index in [1.807, 2.05) is 32.3 Å². The second-order valence-corrected chi connectivity index (χ2v) is 5.58. The normalized spacial score (nSPS) is 18.1. The van der Waals surface area contributed by atoms with Crippen molar-refractivity contribution in [3.05, 3.63) is 35.9 Å². The van der Waals surface area contributed by atoms with Gasteiger partial charge in [0.2, 0.25) is 5.91 Å². The lowest BCUT2D eigenvalue weighted by molar-refractivity contribution is -0.126. The van der Waals surface area contributed by atoms with Gasteiger partial charge in [-0.25, -0.2) is 0 Å². The number of carbonyl (C=O) groups is 1. The van der Waals surface area contributed by atoms with Gasteiger partial charge >= 0.3 is 0 Å². The number of rotatable bonds is 6. The van der Waals surface area contributed by atoms with E-state index in [0.717, 1.165) is 12.8 Å². The minimum atomic E-state index is -0.270. The zero-order valence-corrected chi connectivity index (χ0v) is 11.7. The van der Waals surface area contributed by atoms with Gasteiger partial charge in [-0.2, -0.15) is 0 Å². The van der Waals surface area contributed by atoms with E-state index in [1.165, 1.54) is 5.56 Å². The predicted molar refractivity (Wildman–Crippen MR) is 76.6 cm³/mol. The molecule has 1 aliphatic carbocycles. The van der Waals surface area contributed by atoms with Crippen LogP contribution in [-0.4, -0.2) is 38.0 Å². The van der Waals surface area contributed by atoms with Crippen molar-refractivity contribution in [2.24, 2.45) is 11.1 Å². The van der Waals surface area contributed by atoms with Crippen molar-refractivity contribution < 1.29 is 4.79 Å². The first kappa shape index (κ1) is 14.0. The maximum absolute atomic E-state index is 12.1. The van der Waals surface area contributed by atoms with Crippen LogP contribution in [0.4, 0.5) is 0 Å². The summed E-state index contributed by atoms with van der Waals surface area (Å²) in [6.07, 6.45) is 1.85. The Morgan fingerprint density at radius 1 is 1.37 bits per heavy atom. The van der Waals surface area contributed by atoms with E-state index in [-0.39, 0.29) is 17.4 Å². The van der Waals surface area contributed by atoms with E-state index in [9.17, 15) is 4.79 Å². The number of nitrogens with zero attached hydrogens (tertiary/aromatic N) is 1. The number of nitrogens with one attached hydrogen (secondary N) is 1. The quantitative estimate of drug-likeness (QED) is 0.807. The highest BCUT2D eigenvalue weighted by Crippen LogP contribution is 2.44. The van der Waals surface area contributed by atoms with Gasteiger partial charge in [-0.15, -0.1) is 0 Å². The van der Waals surface area contributed by atoms with Crippen LogP contribution in [-0.2, 0) is 4.79 Å². The third-order valence-corrected chi connectivity index (χ3v) is 3.99. The molecular formula is C15H23N3O. The first-order valence-electron chi connectivity index (χ1n) is 6.79. The molecule has 0 saturated heterocycles. The Morgan fingerprint density at radius 2 is 2.00 bits per heavy atom. The Hall–Kier alpha value is -1.39. The molecule has 1 fully saturated rings. The number of likely N-dealkylation sites (N-methyl/N-ethyl adjacent to an activating group) is 1. The van der Waals surface area contributed by atoms with Crippen molar-refractivity contribution in [1.29, 1.82) is 0 Å². The number of nitrogens with two attached hydrogens (primary N) is 1. The van der Waals surface area contributed by atoms with Gasteiger partial charge < -0.3 is 16.0 Å². The second kappa shape index (κ2) is 5.72. The molecule has 2 rings (SSSR count). The van der Waals surface area contributed by atoms with Crippen LogP contribution in [0.3, 0.4) is 0 Å². The molecule has 0 radical (unpaired) electrons. The molecule has 1 saturated carbocycles. The molecule has 3 N–H and O–H groups in total. The molecule has 0 aromatic heterocycles. The highest BCUT2D eigenvalue weighted by Gasteiger charge is 2.48. The Morgan fingerprint density at radius 3 is 2.47 bits per heavy atom. The van der Waals surface area contributed by atoms with Gasteiger partial charge in [0, 0.05) is 13.1 Å². The molecule has 1 atom stereocenters. The third kappa shape index (κ3) is 3.14. The fraction of sp³-hybridized carbons (Fsp3) is 0.533. The zero-order chi connectivity index (χ0) is 13.9. The van der Waals surface area contributed by atoms with Gasteiger partial charge in [0.05, 0.1) is 11.5 Å². The first-order valence-corrected chi connectivity index (χ1v) is 6.79. The third-order valence-electron chi connectivity index (χ3n) is 3.99. The van der Waals surface area contributed by atoms with E-state index in [1.54, 1.807) is 0 Å². The SMILES string of the molecule is CN(C)C(CNC(=O)C1(CN)CC1)c1ccccc1. The average Bonchev–Trinajstić information content (AvgIpc) is 3.20. The van der Waals surface area contributed by atoms with Crippen molar-refractivity contribution in [2.45, 2.75) is 18.9 Å². The minimum Gasteiger partial charge on any atom is -0.354 e. The van der Waals surface area contributed by atoms with E-state index < -0.39 is 0 Å². The van der Waals surface area contributed by atoms with Gasteiger partial charge in [-0.3, -0.25) is 4.79 Å². The lowest BCUT2D eigenvalue weighted by Gasteiger charge is -2.26. The summed E-state index contributed by atoms with van der Waals surface area (Å²) < 4.78 is 0. The van der Waals surface area contributed by atoms with E-state index in [4.69, 9.17) is 5.73 Å². The molecule has 4 heteroatoms. The molecular weight excluding hydrogens is 238 g/mol. The molecule has 1 aliphatic rings. The molecule has 4 nitrogen and oxygen atoms in total. The lowest BCUT2D eigenvalue weighted by Crippen LogP contribution is -2.41. The van der Waals surface area contributed by atoms with Gasteiger partial charge in [-0.1, -0.05) is 30.3 Å². The first-order chi connectivity index (χ1) is 9.09. The van der Waals surface area contributed by atoms with Gasteiger partial charge in [0.15, 0.2) is 0 Å². The van der Waals surface area contributed by atoms with Crippen molar-refractivity contribution in [3.63, 3.8) is 0 Å². The van der Waals surface area contributed by atoms with Crippen LogP contribution >= 0.6 is 0 Å². The molecule has 19 heavy (non-hydrogen) atoms. The van der Waals surface area contributed by atoms with Crippen LogP contribution < -0.4 is 11.1 Å². The fourth-order valence-corrected chi connectivity index (χ4v) is 2.33. The summed E-state index contributed by atoms with van der Waals surface area (Å²) >= 11 is 0. The van der Waals surface area contributed by atoms with E-state index in [0.29, 0.717) is 13.1 Å². The number of carbonyl (C=O) groups excluding carboxylic acids is 1. The van der Waals surface area contributed by atoms with E-state index >= 15 is 0 Å². The number of hydrogen-bond acceptors (Lipinski definition) is 3. The van der Waals surface area contributed by atoms with E-state index in [2.05, 4.69) is 22.3 Å². The van der Waals surface area contributed by atoms with Crippen LogP contribution in [0.15, 0.2) is 30.3 Å². The molecule has 104 valence electrons. The van der Waals surface area contributed by atoms with Gasteiger partial charge in [0.25, 0.3) is 0 Å². The lowest BCUT2D eigenvalue weighted by atomic mass is 10.0. The molecule has 0 bridgehead atoms. The fourth-order valence-electron chi connectivity index (χ4n) is 2.33. The Balaban J connectivity index is 1.97. The topological polar surface area (TPSA) is 58.4 Å².